The molecule has 3 amide bonds. The van der Waals surface area contributed by atoms with Crippen LogP contribution < -0.4 is 0 Å². The van der Waals surface area contributed by atoms with E-state index < -0.39 is 5.92 Å². The van der Waals surface area contributed by atoms with Crippen molar-refractivity contribution in [2.45, 2.75) is 26.3 Å². The SMILES string of the molecule is CCCCN1C(=O)C2C=CC=CC2=[N+](Cc2nc(-c3ccccc3Br)no2)C1=O. The Morgan fingerprint density at radius 1 is 1.24 bits per heavy atom. The minimum Gasteiger partial charge on any atom is -0.335 e. The molecule has 148 valence electrons. The monoisotopic (exact) mass is 455 g/mol. The summed E-state index contributed by atoms with van der Waals surface area (Å²) < 4.78 is 7.82. The highest BCUT2D eigenvalue weighted by Gasteiger charge is 2.46. The van der Waals surface area contributed by atoms with Crippen molar-refractivity contribution in [3.8, 4) is 11.4 Å². The summed E-state index contributed by atoms with van der Waals surface area (Å²) in [5, 5.41) is 4.05. The van der Waals surface area contributed by atoms with Crippen molar-refractivity contribution in [1.29, 1.82) is 0 Å². The first-order valence-electron chi connectivity index (χ1n) is 9.52. The molecule has 1 atom stereocenters. The van der Waals surface area contributed by atoms with E-state index in [-0.39, 0.29) is 18.5 Å². The topological polar surface area (TPSA) is 79.3 Å². The fourth-order valence-corrected chi connectivity index (χ4v) is 3.87. The Balaban J connectivity index is 1.67. The number of carbonyl (C=O) groups excluding carboxylic acids is 2. The van der Waals surface area contributed by atoms with Crippen molar-refractivity contribution in [3.63, 3.8) is 0 Å². The van der Waals surface area contributed by atoms with Gasteiger partial charge in [-0.3, -0.25) is 0 Å². The van der Waals surface area contributed by atoms with E-state index in [1.807, 2.05) is 49.4 Å². The van der Waals surface area contributed by atoms with Gasteiger partial charge in [0.25, 0.3) is 5.89 Å². The Bertz CT molecular complexity index is 1050. The Kier molecular flexibility index (Phi) is 5.53. The number of rotatable bonds is 6. The number of carbonyl (C=O) groups is 2. The largest absolute Gasteiger partial charge is 0.501 e. The molecule has 0 radical (unpaired) electrons. The van der Waals surface area contributed by atoms with Gasteiger partial charge in [-0.15, -0.1) is 0 Å². The number of imide groups is 1. The summed E-state index contributed by atoms with van der Waals surface area (Å²) in [6.07, 6.45) is 8.92. The maximum atomic E-state index is 13.1. The number of unbranched alkanes of at least 4 members (excludes halogenated alkanes) is 1. The number of amides is 3. The van der Waals surface area contributed by atoms with Crippen LogP contribution in [0.4, 0.5) is 4.79 Å². The van der Waals surface area contributed by atoms with Gasteiger partial charge in [0.05, 0.1) is 6.54 Å². The first-order chi connectivity index (χ1) is 14.1. The normalized spacial score (nSPS) is 18.6. The first kappa shape index (κ1) is 19.4. The Morgan fingerprint density at radius 2 is 2.07 bits per heavy atom. The Labute approximate surface area is 176 Å². The van der Waals surface area contributed by atoms with Crippen molar-refractivity contribution in [1.82, 2.24) is 15.0 Å². The van der Waals surface area contributed by atoms with Crippen molar-refractivity contribution in [3.05, 3.63) is 58.9 Å². The van der Waals surface area contributed by atoms with Gasteiger partial charge in [-0.05, 0) is 24.6 Å². The molecular formula is C21H20BrN4O3+. The summed E-state index contributed by atoms with van der Waals surface area (Å²) in [4.78, 5) is 31.7. The highest BCUT2D eigenvalue weighted by molar-refractivity contribution is 9.10. The number of benzene rings is 1. The van der Waals surface area contributed by atoms with Crippen molar-refractivity contribution >= 4 is 33.6 Å². The molecule has 1 aliphatic heterocycles. The van der Waals surface area contributed by atoms with Gasteiger partial charge in [0.2, 0.25) is 5.82 Å². The predicted octanol–water partition coefficient (Wildman–Crippen LogP) is 3.96. The summed E-state index contributed by atoms with van der Waals surface area (Å²) in [6, 6.07) is 7.23. The molecule has 1 unspecified atom stereocenters. The summed E-state index contributed by atoms with van der Waals surface area (Å²) >= 11 is 3.48. The van der Waals surface area contributed by atoms with E-state index in [1.165, 1.54) is 4.90 Å². The lowest BCUT2D eigenvalue weighted by Gasteiger charge is -2.26. The van der Waals surface area contributed by atoms with Gasteiger partial charge in [0.15, 0.2) is 6.54 Å². The van der Waals surface area contributed by atoms with E-state index >= 15 is 0 Å². The van der Waals surface area contributed by atoms with Gasteiger partial charge in [0.1, 0.15) is 11.6 Å². The van der Waals surface area contributed by atoms with Gasteiger partial charge in [-0.25, -0.2) is 4.79 Å². The van der Waals surface area contributed by atoms with E-state index in [4.69, 9.17) is 4.52 Å². The maximum absolute atomic E-state index is 13.1. The predicted molar refractivity (Wildman–Crippen MR) is 110 cm³/mol. The molecule has 0 bridgehead atoms. The molecule has 1 aliphatic carbocycles. The number of hydrogen-bond donors (Lipinski definition) is 0. The molecule has 8 heteroatoms. The zero-order chi connectivity index (χ0) is 20.4. The summed E-state index contributed by atoms with van der Waals surface area (Å²) in [5.41, 5.74) is 1.44. The quantitative estimate of drug-likeness (QED) is 0.615. The zero-order valence-corrected chi connectivity index (χ0v) is 17.5. The molecule has 29 heavy (non-hydrogen) atoms. The standard InChI is InChI=1S/C21H20BrN4O3/c1-2-3-12-25-20(27)15-9-5-7-11-17(15)26(21(25)28)13-18-23-19(24-29-18)14-8-4-6-10-16(14)22/h4-11,15H,2-3,12-13H2,1H3/q+1. The minimum absolute atomic E-state index is 0.107. The summed E-state index contributed by atoms with van der Waals surface area (Å²) in [5.74, 6) is 0.0922. The highest BCUT2D eigenvalue weighted by atomic mass is 79.9. The maximum Gasteiger partial charge on any atom is 0.501 e. The molecule has 0 saturated carbocycles. The minimum atomic E-state index is -0.472. The zero-order valence-electron chi connectivity index (χ0n) is 15.9. The lowest BCUT2D eigenvalue weighted by atomic mass is 9.94. The van der Waals surface area contributed by atoms with Crippen molar-refractivity contribution in [2.24, 2.45) is 5.92 Å². The molecule has 0 saturated heterocycles. The number of fused-ring (bicyclic) bond motifs is 1. The Morgan fingerprint density at radius 3 is 2.86 bits per heavy atom. The fourth-order valence-electron chi connectivity index (χ4n) is 3.40. The second kappa shape index (κ2) is 8.24. The van der Waals surface area contributed by atoms with Crippen LogP contribution in [0.15, 0.2) is 57.6 Å². The summed E-state index contributed by atoms with van der Waals surface area (Å²) in [6.45, 7) is 2.54. The van der Waals surface area contributed by atoms with E-state index in [9.17, 15) is 9.59 Å². The van der Waals surface area contributed by atoms with Crippen molar-refractivity contribution in [2.75, 3.05) is 6.54 Å². The lowest BCUT2D eigenvalue weighted by molar-refractivity contribution is -0.460. The number of aromatic nitrogens is 2. The average Bonchev–Trinajstić information content (AvgIpc) is 3.20. The van der Waals surface area contributed by atoms with Gasteiger partial charge >= 0.3 is 11.9 Å². The molecule has 2 aliphatic rings. The molecule has 4 rings (SSSR count). The van der Waals surface area contributed by atoms with Crippen LogP contribution in [0.5, 0.6) is 0 Å². The number of hydrogen-bond acceptors (Lipinski definition) is 5. The van der Waals surface area contributed by atoms with Gasteiger partial charge < -0.3 is 4.52 Å². The van der Waals surface area contributed by atoms with Crippen molar-refractivity contribution < 1.29 is 18.7 Å². The number of urea groups is 1. The average molecular weight is 456 g/mol. The van der Waals surface area contributed by atoms with Crippen LogP contribution in [0.1, 0.15) is 25.7 Å². The van der Waals surface area contributed by atoms with Gasteiger partial charge in [-0.2, -0.15) is 19.3 Å². The third-order valence-corrected chi connectivity index (χ3v) is 5.61. The Hall–Kier alpha value is -2.87. The molecule has 7 nitrogen and oxygen atoms in total. The number of nitrogens with zero attached hydrogens (tertiary/aromatic N) is 4. The van der Waals surface area contributed by atoms with Crippen LogP contribution in [-0.4, -0.2) is 43.8 Å². The number of allylic oxidation sites excluding steroid dienone is 3. The molecule has 0 fully saturated rings. The van der Waals surface area contributed by atoms with Crippen LogP contribution in [-0.2, 0) is 11.3 Å². The molecule has 1 aromatic heterocycles. The van der Waals surface area contributed by atoms with E-state index in [2.05, 4.69) is 26.1 Å². The van der Waals surface area contributed by atoms with E-state index in [0.29, 0.717) is 24.0 Å². The fraction of sp³-hybridized carbons (Fsp3) is 0.286. The molecule has 2 heterocycles. The molecule has 2 aromatic rings. The van der Waals surface area contributed by atoms with Crippen LogP contribution in [0.2, 0.25) is 0 Å². The van der Waals surface area contributed by atoms with Crippen LogP contribution in [0, 0.1) is 5.92 Å². The molecule has 0 N–H and O–H groups in total. The second-order valence-corrected chi connectivity index (χ2v) is 7.70. The molecular weight excluding hydrogens is 436 g/mol. The van der Waals surface area contributed by atoms with E-state index in [1.54, 1.807) is 10.7 Å². The highest BCUT2D eigenvalue weighted by Crippen LogP contribution is 2.26. The molecule has 1 aromatic carbocycles. The van der Waals surface area contributed by atoms with Gasteiger partial charge in [-0.1, -0.05) is 64.8 Å². The second-order valence-electron chi connectivity index (χ2n) is 6.85. The van der Waals surface area contributed by atoms with E-state index in [0.717, 1.165) is 22.9 Å². The lowest BCUT2D eigenvalue weighted by Crippen LogP contribution is -2.54. The van der Waals surface area contributed by atoms with Crippen LogP contribution >= 0.6 is 15.9 Å². The third-order valence-electron chi connectivity index (χ3n) is 4.92. The van der Waals surface area contributed by atoms with Crippen LogP contribution in [0.25, 0.3) is 11.4 Å². The summed E-state index contributed by atoms with van der Waals surface area (Å²) in [7, 11) is 0. The first-order valence-corrected chi connectivity index (χ1v) is 10.3. The number of halogens is 1. The molecule has 0 spiro atoms. The smallest absolute Gasteiger partial charge is 0.335 e. The van der Waals surface area contributed by atoms with Crippen LogP contribution in [0.3, 0.4) is 0 Å². The third kappa shape index (κ3) is 3.72. The van der Waals surface area contributed by atoms with Gasteiger partial charge in [0, 0.05) is 10.0 Å².